The highest BCUT2D eigenvalue weighted by Gasteiger charge is 2.43. The highest BCUT2D eigenvalue weighted by atomic mass is 35.5. The van der Waals surface area contributed by atoms with Crippen LogP contribution in [0.1, 0.15) is 26.3 Å². The zero-order chi connectivity index (χ0) is 20.6. The van der Waals surface area contributed by atoms with Gasteiger partial charge in [0.05, 0.1) is 10.0 Å². The van der Waals surface area contributed by atoms with Gasteiger partial charge in [0.1, 0.15) is 5.54 Å². The summed E-state index contributed by atoms with van der Waals surface area (Å²) in [6.07, 6.45) is 0. The molecule has 2 N–H and O–H groups in total. The van der Waals surface area contributed by atoms with Crippen LogP contribution in [0.2, 0.25) is 10.0 Å². The molecule has 2 aromatic carbocycles. The molecule has 2 aromatic rings. The van der Waals surface area contributed by atoms with Gasteiger partial charge in [0.25, 0.3) is 5.91 Å². The van der Waals surface area contributed by atoms with E-state index in [-0.39, 0.29) is 27.6 Å². The number of nitrogens with one attached hydrogen (secondary N) is 1. The molecule has 2 amide bonds. The summed E-state index contributed by atoms with van der Waals surface area (Å²) >= 11 is 11.8. The molecule has 0 saturated heterocycles. The summed E-state index contributed by atoms with van der Waals surface area (Å²) < 4.78 is 0. The Bertz CT molecular complexity index is 961. The number of aromatic hydroxyl groups is 1. The predicted octanol–water partition coefficient (Wildman–Crippen LogP) is 4.73. The summed E-state index contributed by atoms with van der Waals surface area (Å²) in [5.41, 5.74) is 1.59. The molecule has 0 radical (unpaired) electrons. The van der Waals surface area contributed by atoms with Crippen LogP contribution in [0.3, 0.4) is 0 Å². The van der Waals surface area contributed by atoms with Crippen LogP contribution < -0.4 is 5.32 Å². The Labute approximate surface area is 173 Å². The molecule has 5 nitrogen and oxygen atoms in total. The van der Waals surface area contributed by atoms with Crippen LogP contribution in [0.4, 0.5) is 5.69 Å². The molecule has 7 heteroatoms. The number of nitrogens with zero attached hydrogens (tertiary/aromatic N) is 1. The molecule has 0 bridgehead atoms. The standard InChI is InChI=1S/C21H20Cl2N2O3/c1-12-11-25(19(27)17(12)13-7-5-4-6-8-13)21(2,3)20(28)24-14-9-15(22)18(26)16(23)10-14/h4-10,26H,11H2,1-3H3,(H,24,28). The Kier molecular flexibility index (Phi) is 5.41. The van der Waals surface area contributed by atoms with Gasteiger partial charge in [-0.15, -0.1) is 0 Å². The Hall–Kier alpha value is -2.50. The number of halogens is 2. The van der Waals surface area contributed by atoms with Crippen molar-refractivity contribution in [2.24, 2.45) is 0 Å². The summed E-state index contributed by atoms with van der Waals surface area (Å²) in [6, 6.07) is 12.2. The Morgan fingerprint density at radius 1 is 1.14 bits per heavy atom. The second-order valence-corrected chi connectivity index (χ2v) is 8.03. The first-order valence-electron chi connectivity index (χ1n) is 8.69. The molecule has 0 aromatic heterocycles. The van der Waals surface area contributed by atoms with E-state index >= 15 is 0 Å². The van der Waals surface area contributed by atoms with Gasteiger partial charge in [0.15, 0.2) is 5.75 Å². The summed E-state index contributed by atoms with van der Waals surface area (Å²) in [6.45, 7) is 5.63. The van der Waals surface area contributed by atoms with E-state index < -0.39 is 5.54 Å². The van der Waals surface area contributed by atoms with Crippen molar-refractivity contribution in [3.05, 3.63) is 63.6 Å². The van der Waals surface area contributed by atoms with E-state index in [2.05, 4.69) is 5.32 Å². The second-order valence-electron chi connectivity index (χ2n) is 7.21. The first-order chi connectivity index (χ1) is 13.1. The van der Waals surface area contributed by atoms with Crippen molar-refractivity contribution in [3.63, 3.8) is 0 Å². The zero-order valence-electron chi connectivity index (χ0n) is 15.7. The quantitative estimate of drug-likeness (QED) is 0.704. The second kappa shape index (κ2) is 7.49. The minimum absolute atomic E-state index is 0.0294. The lowest BCUT2D eigenvalue weighted by atomic mass is 10.00. The number of phenols is 1. The maximum absolute atomic E-state index is 13.1. The van der Waals surface area contributed by atoms with Crippen LogP contribution in [-0.2, 0) is 9.59 Å². The summed E-state index contributed by atoms with van der Waals surface area (Å²) in [7, 11) is 0. The van der Waals surface area contributed by atoms with Crippen LogP contribution >= 0.6 is 23.2 Å². The Morgan fingerprint density at radius 2 is 1.71 bits per heavy atom. The minimum atomic E-state index is -1.12. The Balaban J connectivity index is 1.83. The number of rotatable bonds is 4. The highest BCUT2D eigenvalue weighted by molar-refractivity contribution is 6.37. The molecule has 1 aliphatic rings. The fourth-order valence-electron chi connectivity index (χ4n) is 3.18. The van der Waals surface area contributed by atoms with Gasteiger partial charge in [0, 0.05) is 17.8 Å². The van der Waals surface area contributed by atoms with E-state index in [4.69, 9.17) is 23.2 Å². The maximum Gasteiger partial charge on any atom is 0.255 e. The minimum Gasteiger partial charge on any atom is -0.505 e. The summed E-state index contributed by atoms with van der Waals surface area (Å²) in [5.74, 6) is -0.825. The first-order valence-corrected chi connectivity index (χ1v) is 9.45. The number of phenolic OH excluding ortho intramolecular Hbond substituents is 1. The van der Waals surface area contributed by atoms with E-state index in [0.29, 0.717) is 17.8 Å². The number of hydrogen-bond acceptors (Lipinski definition) is 3. The van der Waals surface area contributed by atoms with Crippen molar-refractivity contribution in [2.45, 2.75) is 26.3 Å². The van der Waals surface area contributed by atoms with Gasteiger partial charge in [-0.05, 0) is 44.0 Å². The molecular weight excluding hydrogens is 399 g/mol. The molecule has 0 spiro atoms. The van der Waals surface area contributed by atoms with Crippen molar-refractivity contribution in [1.82, 2.24) is 4.90 Å². The van der Waals surface area contributed by atoms with Gasteiger partial charge in [-0.2, -0.15) is 0 Å². The van der Waals surface area contributed by atoms with E-state index in [0.717, 1.165) is 11.1 Å². The summed E-state index contributed by atoms with van der Waals surface area (Å²) in [5, 5.41) is 12.4. The van der Waals surface area contributed by atoms with E-state index in [9.17, 15) is 14.7 Å². The number of carbonyl (C=O) groups excluding carboxylic acids is 2. The van der Waals surface area contributed by atoms with Gasteiger partial charge >= 0.3 is 0 Å². The van der Waals surface area contributed by atoms with Crippen LogP contribution in [0.5, 0.6) is 5.75 Å². The smallest absolute Gasteiger partial charge is 0.255 e. The molecule has 0 aliphatic carbocycles. The maximum atomic E-state index is 13.1. The highest BCUT2D eigenvalue weighted by Crippen LogP contribution is 2.36. The molecule has 0 unspecified atom stereocenters. The van der Waals surface area contributed by atoms with Crippen molar-refractivity contribution < 1.29 is 14.7 Å². The topological polar surface area (TPSA) is 69.6 Å². The van der Waals surface area contributed by atoms with Crippen molar-refractivity contribution in [1.29, 1.82) is 0 Å². The van der Waals surface area contributed by atoms with Gasteiger partial charge in [-0.3, -0.25) is 9.59 Å². The first kappa shape index (κ1) is 20.2. The molecule has 3 rings (SSSR count). The Morgan fingerprint density at radius 3 is 2.29 bits per heavy atom. The number of benzene rings is 2. The fourth-order valence-corrected chi connectivity index (χ4v) is 3.66. The molecule has 28 heavy (non-hydrogen) atoms. The lowest BCUT2D eigenvalue weighted by Crippen LogP contribution is -2.53. The molecule has 0 saturated carbocycles. The normalized spacial score (nSPS) is 14.6. The van der Waals surface area contributed by atoms with Gasteiger partial charge < -0.3 is 15.3 Å². The van der Waals surface area contributed by atoms with Gasteiger partial charge in [-0.1, -0.05) is 53.5 Å². The average molecular weight is 419 g/mol. The fraction of sp³-hybridized carbons (Fsp3) is 0.238. The zero-order valence-corrected chi connectivity index (χ0v) is 17.2. The third-order valence-corrected chi connectivity index (χ3v) is 5.42. The van der Waals surface area contributed by atoms with E-state index in [1.54, 1.807) is 18.7 Å². The largest absolute Gasteiger partial charge is 0.505 e. The third-order valence-electron chi connectivity index (χ3n) is 4.85. The predicted molar refractivity (Wildman–Crippen MR) is 112 cm³/mol. The third kappa shape index (κ3) is 3.60. The lowest BCUT2D eigenvalue weighted by molar-refractivity contribution is -0.137. The molecule has 0 atom stereocenters. The molecule has 0 fully saturated rings. The molecule has 1 heterocycles. The average Bonchev–Trinajstić information content (AvgIpc) is 2.95. The molecule has 146 valence electrons. The molecule has 1 aliphatic heterocycles. The van der Waals surface area contributed by atoms with Crippen molar-refractivity contribution >= 4 is 46.3 Å². The van der Waals surface area contributed by atoms with Crippen molar-refractivity contribution in [3.8, 4) is 5.75 Å². The molecular formula is C21H20Cl2N2O3. The summed E-state index contributed by atoms with van der Waals surface area (Å²) in [4.78, 5) is 27.6. The monoisotopic (exact) mass is 418 g/mol. The van der Waals surface area contributed by atoms with Crippen LogP contribution in [-0.4, -0.2) is 33.9 Å². The number of carbonyl (C=O) groups is 2. The van der Waals surface area contributed by atoms with Crippen LogP contribution in [0.25, 0.3) is 5.57 Å². The van der Waals surface area contributed by atoms with E-state index in [1.165, 1.54) is 12.1 Å². The SMILES string of the molecule is CC1=C(c2ccccc2)C(=O)N(C(C)(C)C(=O)Nc2cc(Cl)c(O)c(Cl)c2)C1. The number of hydrogen-bond donors (Lipinski definition) is 2. The van der Waals surface area contributed by atoms with E-state index in [1.807, 2.05) is 37.3 Å². The van der Waals surface area contributed by atoms with Crippen LogP contribution in [0, 0.1) is 0 Å². The van der Waals surface area contributed by atoms with Crippen LogP contribution in [0.15, 0.2) is 48.0 Å². The number of anilines is 1. The van der Waals surface area contributed by atoms with Gasteiger partial charge in [0.2, 0.25) is 5.91 Å². The lowest BCUT2D eigenvalue weighted by Gasteiger charge is -2.34. The van der Waals surface area contributed by atoms with Gasteiger partial charge in [-0.25, -0.2) is 0 Å². The number of amides is 2. The van der Waals surface area contributed by atoms with Crippen molar-refractivity contribution in [2.75, 3.05) is 11.9 Å².